The zero-order chi connectivity index (χ0) is 19.2. The van der Waals surface area contributed by atoms with Crippen LogP contribution in [-0.2, 0) is 6.61 Å². The molecule has 0 aliphatic heterocycles. The molecule has 1 N–H and O–H groups in total. The van der Waals surface area contributed by atoms with Gasteiger partial charge in [0.25, 0.3) is 5.91 Å². The Hall–Kier alpha value is -2.79. The number of nitrogens with one attached hydrogen (secondary N) is 1. The summed E-state index contributed by atoms with van der Waals surface area (Å²) in [4.78, 5) is 13.1. The van der Waals surface area contributed by atoms with Gasteiger partial charge in [-0.2, -0.15) is 0 Å². The van der Waals surface area contributed by atoms with E-state index in [9.17, 15) is 4.79 Å². The van der Waals surface area contributed by atoms with Gasteiger partial charge in [-0.25, -0.2) is 0 Å². The molecule has 0 bridgehead atoms. The van der Waals surface area contributed by atoms with Gasteiger partial charge in [-0.15, -0.1) is 11.3 Å². The number of benzene rings is 2. The van der Waals surface area contributed by atoms with Gasteiger partial charge in [0.05, 0.1) is 12.0 Å². The molecular formula is C22H23NO3S. The van der Waals surface area contributed by atoms with E-state index in [1.54, 1.807) is 13.2 Å². The highest BCUT2D eigenvalue weighted by Gasteiger charge is 2.10. The lowest BCUT2D eigenvalue weighted by Crippen LogP contribution is -2.10. The molecule has 1 aromatic heterocycles. The molecule has 0 radical (unpaired) electrons. The molecule has 0 aliphatic rings. The highest BCUT2D eigenvalue weighted by Crippen LogP contribution is 2.22. The van der Waals surface area contributed by atoms with Crippen LogP contribution < -0.4 is 14.8 Å². The van der Waals surface area contributed by atoms with Crippen LogP contribution in [0.2, 0.25) is 0 Å². The van der Waals surface area contributed by atoms with E-state index >= 15 is 0 Å². The standard InChI is InChI=1S/C22H23NO3S/c1-15(2)17-7-9-19(10-8-17)26-13-16-11-21(27-14-16)22(24)23-18-5-4-6-20(12-18)25-3/h4-12,14-15H,13H2,1-3H3,(H,23,24). The third-order valence-corrected chi connectivity index (χ3v) is 5.14. The van der Waals surface area contributed by atoms with Crippen molar-refractivity contribution in [2.24, 2.45) is 0 Å². The van der Waals surface area contributed by atoms with Crippen LogP contribution in [0.15, 0.2) is 60.0 Å². The van der Waals surface area contributed by atoms with Crippen LogP contribution in [0.5, 0.6) is 11.5 Å². The summed E-state index contributed by atoms with van der Waals surface area (Å²) in [5.41, 5.74) is 2.97. The maximum absolute atomic E-state index is 12.4. The largest absolute Gasteiger partial charge is 0.497 e. The molecule has 0 atom stereocenters. The number of hydrogen-bond donors (Lipinski definition) is 1. The molecule has 0 fully saturated rings. The minimum atomic E-state index is -0.138. The first kappa shape index (κ1) is 19.0. The molecule has 1 heterocycles. The highest BCUT2D eigenvalue weighted by molar-refractivity contribution is 7.12. The average Bonchev–Trinajstić information content (AvgIpc) is 3.16. The number of amides is 1. The van der Waals surface area contributed by atoms with Crippen LogP contribution in [0.25, 0.3) is 0 Å². The predicted octanol–water partition coefficient (Wildman–Crippen LogP) is 5.71. The Balaban J connectivity index is 1.58. The van der Waals surface area contributed by atoms with Crippen molar-refractivity contribution < 1.29 is 14.3 Å². The van der Waals surface area contributed by atoms with Gasteiger partial charge in [0, 0.05) is 17.3 Å². The number of anilines is 1. The third kappa shape index (κ3) is 5.11. The van der Waals surface area contributed by atoms with Gasteiger partial charge >= 0.3 is 0 Å². The Morgan fingerprint density at radius 2 is 1.85 bits per heavy atom. The van der Waals surface area contributed by atoms with Gasteiger partial charge in [0.1, 0.15) is 18.1 Å². The Bertz CT molecular complexity index is 900. The minimum absolute atomic E-state index is 0.138. The average molecular weight is 381 g/mol. The van der Waals surface area contributed by atoms with Crippen molar-refractivity contribution in [1.29, 1.82) is 0 Å². The fourth-order valence-electron chi connectivity index (χ4n) is 2.58. The summed E-state index contributed by atoms with van der Waals surface area (Å²) < 4.78 is 11.0. The molecule has 1 amide bonds. The molecule has 3 rings (SSSR count). The van der Waals surface area contributed by atoms with Crippen molar-refractivity contribution in [3.8, 4) is 11.5 Å². The Morgan fingerprint density at radius 3 is 2.56 bits per heavy atom. The minimum Gasteiger partial charge on any atom is -0.497 e. The van der Waals surface area contributed by atoms with Gasteiger partial charge in [0.15, 0.2) is 0 Å². The number of carbonyl (C=O) groups is 1. The Morgan fingerprint density at radius 1 is 1.07 bits per heavy atom. The Kier molecular flexibility index (Phi) is 6.14. The molecule has 0 aliphatic carbocycles. The van der Waals surface area contributed by atoms with Crippen molar-refractivity contribution in [3.05, 3.63) is 76.0 Å². The van der Waals surface area contributed by atoms with E-state index < -0.39 is 0 Å². The second-order valence-corrected chi connectivity index (χ2v) is 7.43. The summed E-state index contributed by atoms with van der Waals surface area (Å²) in [6.07, 6.45) is 0. The van der Waals surface area contributed by atoms with Crippen molar-refractivity contribution >= 4 is 22.9 Å². The monoisotopic (exact) mass is 381 g/mol. The van der Waals surface area contributed by atoms with Gasteiger partial charge in [-0.05, 0) is 47.2 Å². The lowest BCUT2D eigenvalue weighted by atomic mass is 10.0. The van der Waals surface area contributed by atoms with Crippen LogP contribution >= 0.6 is 11.3 Å². The van der Waals surface area contributed by atoms with E-state index in [1.165, 1.54) is 16.9 Å². The molecule has 0 saturated carbocycles. The van der Waals surface area contributed by atoms with Crippen LogP contribution in [0.4, 0.5) is 5.69 Å². The summed E-state index contributed by atoms with van der Waals surface area (Å²) in [5.74, 6) is 1.90. The molecule has 4 nitrogen and oxygen atoms in total. The summed E-state index contributed by atoms with van der Waals surface area (Å²) in [6.45, 7) is 4.77. The second kappa shape index (κ2) is 8.73. The molecule has 0 spiro atoms. The number of methoxy groups -OCH3 is 1. The first-order chi connectivity index (χ1) is 13.0. The fourth-order valence-corrected chi connectivity index (χ4v) is 3.37. The number of hydrogen-bond acceptors (Lipinski definition) is 4. The van der Waals surface area contributed by atoms with Crippen molar-refractivity contribution in [1.82, 2.24) is 0 Å². The van der Waals surface area contributed by atoms with Gasteiger partial charge < -0.3 is 14.8 Å². The predicted molar refractivity (Wildman–Crippen MR) is 110 cm³/mol. The van der Waals surface area contributed by atoms with Gasteiger partial charge in [-0.1, -0.05) is 32.0 Å². The zero-order valence-electron chi connectivity index (χ0n) is 15.7. The quantitative estimate of drug-likeness (QED) is 0.570. The lowest BCUT2D eigenvalue weighted by molar-refractivity contribution is 0.103. The fraction of sp³-hybridized carbons (Fsp3) is 0.227. The van der Waals surface area contributed by atoms with Gasteiger partial charge in [0.2, 0.25) is 0 Å². The summed E-state index contributed by atoms with van der Waals surface area (Å²) in [6, 6.07) is 17.3. The van der Waals surface area contributed by atoms with Crippen molar-refractivity contribution in [2.45, 2.75) is 26.4 Å². The van der Waals surface area contributed by atoms with Crippen LogP contribution in [0, 0.1) is 0 Å². The van der Waals surface area contributed by atoms with Gasteiger partial charge in [-0.3, -0.25) is 4.79 Å². The van der Waals surface area contributed by atoms with Crippen LogP contribution in [-0.4, -0.2) is 13.0 Å². The van der Waals surface area contributed by atoms with Crippen LogP contribution in [0.3, 0.4) is 0 Å². The number of rotatable bonds is 7. The SMILES string of the molecule is COc1cccc(NC(=O)c2cc(COc3ccc(C(C)C)cc3)cs2)c1. The highest BCUT2D eigenvalue weighted by atomic mass is 32.1. The van der Waals surface area contributed by atoms with E-state index in [4.69, 9.17) is 9.47 Å². The van der Waals surface area contributed by atoms with Crippen molar-refractivity contribution in [3.63, 3.8) is 0 Å². The van der Waals surface area contributed by atoms with E-state index in [0.29, 0.717) is 28.8 Å². The van der Waals surface area contributed by atoms with Crippen LogP contribution in [0.1, 0.15) is 40.6 Å². The first-order valence-electron chi connectivity index (χ1n) is 8.80. The molecule has 0 saturated heterocycles. The first-order valence-corrected chi connectivity index (χ1v) is 9.68. The smallest absolute Gasteiger partial charge is 0.265 e. The number of thiophene rings is 1. The molecule has 140 valence electrons. The second-order valence-electron chi connectivity index (χ2n) is 6.52. The maximum atomic E-state index is 12.4. The molecule has 2 aromatic carbocycles. The molecule has 3 aromatic rings. The third-order valence-electron chi connectivity index (χ3n) is 4.16. The van der Waals surface area contributed by atoms with E-state index in [2.05, 4.69) is 31.3 Å². The normalized spacial score (nSPS) is 10.7. The molecule has 0 unspecified atom stereocenters. The maximum Gasteiger partial charge on any atom is 0.265 e. The van der Waals surface area contributed by atoms with E-state index in [0.717, 1.165) is 11.3 Å². The molecular weight excluding hydrogens is 358 g/mol. The van der Waals surface area contributed by atoms with E-state index in [-0.39, 0.29) is 5.91 Å². The van der Waals surface area contributed by atoms with E-state index in [1.807, 2.05) is 41.8 Å². The molecule has 27 heavy (non-hydrogen) atoms. The van der Waals surface area contributed by atoms with Crippen molar-refractivity contribution in [2.75, 3.05) is 12.4 Å². The number of carbonyl (C=O) groups excluding carboxylic acids is 1. The summed E-state index contributed by atoms with van der Waals surface area (Å²) >= 11 is 1.41. The number of ether oxygens (including phenoxy) is 2. The summed E-state index contributed by atoms with van der Waals surface area (Å²) in [7, 11) is 1.60. The zero-order valence-corrected chi connectivity index (χ0v) is 16.5. The lowest BCUT2D eigenvalue weighted by Gasteiger charge is -2.08. The summed E-state index contributed by atoms with van der Waals surface area (Å²) in [5, 5.41) is 4.83. The Labute approximate surface area is 163 Å². The topological polar surface area (TPSA) is 47.6 Å². The molecule has 5 heteroatoms.